The molecule has 0 radical (unpaired) electrons. The average molecular weight is 303 g/mol. The Hall–Kier alpha value is -1.66. The van der Waals surface area contributed by atoms with Gasteiger partial charge in [-0.05, 0) is 31.0 Å². The van der Waals surface area contributed by atoms with Crippen LogP contribution in [0.5, 0.6) is 0 Å². The lowest BCUT2D eigenvalue weighted by Crippen LogP contribution is -2.36. The maximum absolute atomic E-state index is 13.1. The standard InChI is InChI=1S/C13H16ClFN2O3/c1-2-9(18)5-6-16-12(19)13(20)17-8-3-4-10(14)11(15)7-8/h3-4,7,9,18H,2,5-6H2,1H3,(H,16,19)(H,17,20). The Balaban J connectivity index is 2.45. The molecule has 1 rings (SSSR count). The highest BCUT2D eigenvalue weighted by Crippen LogP contribution is 2.18. The van der Waals surface area contributed by atoms with E-state index in [9.17, 15) is 19.1 Å². The van der Waals surface area contributed by atoms with Crippen molar-refractivity contribution in [3.05, 3.63) is 29.0 Å². The lowest BCUT2D eigenvalue weighted by atomic mass is 10.2. The molecule has 7 heteroatoms. The Morgan fingerprint density at radius 2 is 2.10 bits per heavy atom. The zero-order valence-corrected chi connectivity index (χ0v) is 11.7. The maximum atomic E-state index is 13.1. The largest absolute Gasteiger partial charge is 0.393 e. The van der Waals surface area contributed by atoms with E-state index >= 15 is 0 Å². The summed E-state index contributed by atoms with van der Waals surface area (Å²) in [6.07, 6.45) is 0.431. The molecule has 20 heavy (non-hydrogen) atoms. The van der Waals surface area contributed by atoms with Gasteiger partial charge < -0.3 is 15.7 Å². The summed E-state index contributed by atoms with van der Waals surface area (Å²) in [5.74, 6) is -2.43. The fourth-order valence-electron chi connectivity index (χ4n) is 1.40. The third-order valence-corrected chi connectivity index (χ3v) is 2.92. The quantitative estimate of drug-likeness (QED) is 0.724. The van der Waals surface area contributed by atoms with Gasteiger partial charge in [0.1, 0.15) is 5.82 Å². The topological polar surface area (TPSA) is 78.4 Å². The molecule has 1 atom stereocenters. The second-order valence-electron chi connectivity index (χ2n) is 4.19. The van der Waals surface area contributed by atoms with Gasteiger partial charge in [-0.3, -0.25) is 9.59 Å². The van der Waals surface area contributed by atoms with E-state index in [1.807, 2.05) is 6.92 Å². The first-order valence-electron chi connectivity index (χ1n) is 6.16. The fraction of sp³-hybridized carbons (Fsp3) is 0.385. The van der Waals surface area contributed by atoms with Gasteiger partial charge in [-0.25, -0.2) is 4.39 Å². The first-order chi connectivity index (χ1) is 9.43. The number of benzene rings is 1. The highest BCUT2D eigenvalue weighted by Gasteiger charge is 2.14. The average Bonchev–Trinajstić information content (AvgIpc) is 2.42. The molecular formula is C13H16ClFN2O3. The molecule has 0 bridgehead atoms. The minimum absolute atomic E-state index is 0.0685. The van der Waals surface area contributed by atoms with Gasteiger partial charge in [0, 0.05) is 12.2 Å². The van der Waals surface area contributed by atoms with Crippen LogP contribution >= 0.6 is 11.6 Å². The molecule has 0 aliphatic rings. The van der Waals surface area contributed by atoms with Gasteiger partial charge in [-0.2, -0.15) is 0 Å². The van der Waals surface area contributed by atoms with E-state index in [1.54, 1.807) is 0 Å². The van der Waals surface area contributed by atoms with E-state index in [-0.39, 0.29) is 17.3 Å². The molecule has 5 nitrogen and oxygen atoms in total. The number of aliphatic hydroxyl groups is 1. The van der Waals surface area contributed by atoms with Gasteiger partial charge in [0.15, 0.2) is 0 Å². The van der Waals surface area contributed by atoms with Crippen molar-refractivity contribution < 1.29 is 19.1 Å². The van der Waals surface area contributed by atoms with Crippen LogP contribution in [-0.4, -0.2) is 29.6 Å². The maximum Gasteiger partial charge on any atom is 0.313 e. The van der Waals surface area contributed by atoms with Crippen LogP contribution in [0, 0.1) is 5.82 Å². The highest BCUT2D eigenvalue weighted by atomic mass is 35.5. The van der Waals surface area contributed by atoms with Crippen molar-refractivity contribution in [2.45, 2.75) is 25.9 Å². The van der Waals surface area contributed by atoms with Gasteiger partial charge in [0.05, 0.1) is 11.1 Å². The predicted octanol–water partition coefficient (Wildman–Crippen LogP) is 1.69. The SMILES string of the molecule is CCC(O)CCNC(=O)C(=O)Nc1ccc(Cl)c(F)c1. The van der Waals surface area contributed by atoms with Crippen LogP contribution in [0.1, 0.15) is 19.8 Å². The minimum Gasteiger partial charge on any atom is -0.393 e. The van der Waals surface area contributed by atoms with Gasteiger partial charge in [-0.15, -0.1) is 0 Å². The number of nitrogens with one attached hydrogen (secondary N) is 2. The van der Waals surface area contributed by atoms with E-state index in [1.165, 1.54) is 12.1 Å². The molecule has 0 heterocycles. The molecule has 1 aromatic carbocycles. The highest BCUT2D eigenvalue weighted by molar-refractivity contribution is 6.39. The van der Waals surface area contributed by atoms with Gasteiger partial charge in [0.2, 0.25) is 0 Å². The van der Waals surface area contributed by atoms with Gasteiger partial charge >= 0.3 is 11.8 Å². The summed E-state index contributed by atoms with van der Waals surface area (Å²) in [5.41, 5.74) is 0.139. The van der Waals surface area contributed by atoms with E-state index in [4.69, 9.17) is 11.6 Å². The predicted molar refractivity (Wildman–Crippen MR) is 74.0 cm³/mol. The molecule has 2 amide bonds. The van der Waals surface area contributed by atoms with Crippen molar-refractivity contribution in [3.63, 3.8) is 0 Å². The fourth-order valence-corrected chi connectivity index (χ4v) is 1.52. The summed E-state index contributed by atoms with van der Waals surface area (Å²) in [5, 5.41) is 13.8. The van der Waals surface area contributed by atoms with Crippen molar-refractivity contribution in [1.29, 1.82) is 0 Å². The Morgan fingerprint density at radius 1 is 1.40 bits per heavy atom. The van der Waals surface area contributed by atoms with Crippen LogP contribution < -0.4 is 10.6 Å². The first-order valence-corrected chi connectivity index (χ1v) is 6.54. The molecule has 0 saturated carbocycles. The smallest absolute Gasteiger partial charge is 0.313 e. The Morgan fingerprint density at radius 3 is 2.70 bits per heavy atom. The molecule has 0 spiro atoms. The summed E-state index contributed by atoms with van der Waals surface area (Å²) in [4.78, 5) is 23.0. The monoisotopic (exact) mass is 302 g/mol. The number of carbonyl (C=O) groups is 2. The van der Waals surface area contributed by atoms with Crippen LogP contribution in [0.15, 0.2) is 18.2 Å². The number of halogens is 2. The van der Waals surface area contributed by atoms with Crippen molar-refractivity contribution in [2.75, 3.05) is 11.9 Å². The lowest BCUT2D eigenvalue weighted by Gasteiger charge is -2.09. The number of anilines is 1. The molecule has 1 aromatic rings. The van der Waals surface area contributed by atoms with Crippen molar-refractivity contribution >= 4 is 29.1 Å². The molecule has 3 N–H and O–H groups in total. The number of hydrogen-bond acceptors (Lipinski definition) is 3. The summed E-state index contributed by atoms with van der Waals surface area (Å²) >= 11 is 5.50. The molecule has 0 aromatic heterocycles. The van der Waals surface area contributed by atoms with Gasteiger partial charge in [0.25, 0.3) is 0 Å². The van der Waals surface area contributed by atoms with Crippen molar-refractivity contribution in [1.82, 2.24) is 5.32 Å². The number of rotatable bonds is 5. The normalized spacial score (nSPS) is 11.8. The van der Waals surface area contributed by atoms with E-state index in [0.717, 1.165) is 6.07 Å². The van der Waals surface area contributed by atoms with E-state index in [0.29, 0.717) is 12.8 Å². The summed E-state index contributed by atoms with van der Waals surface area (Å²) in [7, 11) is 0. The van der Waals surface area contributed by atoms with E-state index < -0.39 is 23.7 Å². The second-order valence-corrected chi connectivity index (χ2v) is 4.60. The number of carbonyl (C=O) groups excluding carboxylic acids is 2. The summed E-state index contributed by atoms with van der Waals surface area (Å²) in [6.45, 7) is 2.00. The van der Waals surface area contributed by atoms with Crippen LogP contribution in [0.2, 0.25) is 5.02 Å². The Bertz CT molecular complexity index is 497. The summed E-state index contributed by atoms with van der Waals surface area (Å²) < 4.78 is 13.1. The van der Waals surface area contributed by atoms with Crippen LogP contribution in [0.25, 0.3) is 0 Å². The molecule has 1 unspecified atom stereocenters. The number of hydrogen-bond donors (Lipinski definition) is 3. The van der Waals surface area contributed by atoms with Crippen molar-refractivity contribution in [3.8, 4) is 0 Å². The zero-order valence-electron chi connectivity index (χ0n) is 11.0. The lowest BCUT2D eigenvalue weighted by molar-refractivity contribution is -0.136. The number of aliphatic hydroxyl groups excluding tert-OH is 1. The van der Waals surface area contributed by atoms with E-state index in [2.05, 4.69) is 10.6 Å². The minimum atomic E-state index is -0.905. The van der Waals surface area contributed by atoms with Crippen LogP contribution in [0.3, 0.4) is 0 Å². The molecule has 110 valence electrons. The molecule has 0 fully saturated rings. The second kappa shape index (κ2) is 7.81. The van der Waals surface area contributed by atoms with Crippen LogP contribution in [0.4, 0.5) is 10.1 Å². The Kier molecular flexibility index (Phi) is 6.41. The van der Waals surface area contributed by atoms with Crippen molar-refractivity contribution in [2.24, 2.45) is 0 Å². The zero-order chi connectivity index (χ0) is 15.1. The summed E-state index contributed by atoms with van der Waals surface area (Å²) in [6, 6.07) is 3.69. The third-order valence-electron chi connectivity index (χ3n) is 2.62. The number of amides is 2. The molecular weight excluding hydrogens is 287 g/mol. The third kappa shape index (κ3) is 5.14. The van der Waals surface area contributed by atoms with Gasteiger partial charge in [-0.1, -0.05) is 18.5 Å². The molecule has 0 aliphatic carbocycles. The molecule has 0 aliphatic heterocycles. The first kappa shape index (κ1) is 16.4. The Labute approximate surface area is 121 Å². The van der Waals surface area contributed by atoms with Crippen LogP contribution in [-0.2, 0) is 9.59 Å². The molecule has 0 saturated heterocycles.